The Labute approximate surface area is 128 Å². The van der Waals surface area contributed by atoms with Gasteiger partial charge in [-0.05, 0) is 35.7 Å². The van der Waals surface area contributed by atoms with Gasteiger partial charge in [0.15, 0.2) is 0 Å². The van der Waals surface area contributed by atoms with E-state index in [0.717, 1.165) is 15.6 Å². The van der Waals surface area contributed by atoms with E-state index in [1.807, 2.05) is 49.5 Å². The topological polar surface area (TPSA) is 45.1 Å². The first-order valence-electron chi connectivity index (χ1n) is 6.72. The second-order valence-electron chi connectivity index (χ2n) is 4.86. The number of aliphatic hydroxyl groups is 1. The van der Waals surface area contributed by atoms with Gasteiger partial charge >= 0.3 is 0 Å². The Morgan fingerprint density at radius 3 is 2.60 bits per heavy atom. The first kappa shape index (κ1) is 15.2. The summed E-state index contributed by atoms with van der Waals surface area (Å²) in [6.07, 6.45) is 4.25. The van der Waals surface area contributed by atoms with Gasteiger partial charge in [-0.3, -0.25) is 4.98 Å². The standard InChI is InChI=1S/C16H19BrN2O/c1-2-16(20,14-5-7-15(17)8-6-14)12-19-11-13-4-3-9-18-10-13/h3-10,19-20H,2,11-12H2,1H3. The van der Waals surface area contributed by atoms with E-state index in [9.17, 15) is 5.11 Å². The molecule has 2 aromatic rings. The lowest BCUT2D eigenvalue weighted by Crippen LogP contribution is -2.37. The molecular weight excluding hydrogens is 316 g/mol. The van der Waals surface area contributed by atoms with Crippen LogP contribution in [0.3, 0.4) is 0 Å². The normalized spacial score (nSPS) is 13.9. The minimum Gasteiger partial charge on any atom is -0.384 e. The molecule has 106 valence electrons. The number of pyridine rings is 1. The quantitative estimate of drug-likeness (QED) is 0.852. The fraction of sp³-hybridized carbons (Fsp3) is 0.312. The highest BCUT2D eigenvalue weighted by Crippen LogP contribution is 2.25. The van der Waals surface area contributed by atoms with Crippen LogP contribution < -0.4 is 5.32 Å². The van der Waals surface area contributed by atoms with Crippen LogP contribution in [0.15, 0.2) is 53.3 Å². The maximum Gasteiger partial charge on any atom is 0.102 e. The summed E-state index contributed by atoms with van der Waals surface area (Å²) in [5, 5.41) is 14.1. The molecule has 0 amide bonds. The van der Waals surface area contributed by atoms with E-state index in [1.54, 1.807) is 6.20 Å². The molecule has 1 aromatic carbocycles. The van der Waals surface area contributed by atoms with Crippen molar-refractivity contribution in [3.63, 3.8) is 0 Å². The van der Waals surface area contributed by atoms with Crippen LogP contribution in [-0.2, 0) is 12.1 Å². The van der Waals surface area contributed by atoms with Crippen molar-refractivity contribution in [2.75, 3.05) is 6.54 Å². The van der Waals surface area contributed by atoms with Gasteiger partial charge in [0.25, 0.3) is 0 Å². The van der Waals surface area contributed by atoms with Crippen LogP contribution in [0.2, 0.25) is 0 Å². The molecule has 0 aliphatic carbocycles. The van der Waals surface area contributed by atoms with E-state index in [1.165, 1.54) is 0 Å². The summed E-state index contributed by atoms with van der Waals surface area (Å²) in [7, 11) is 0. The van der Waals surface area contributed by atoms with Crippen molar-refractivity contribution < 1.29 is 5.11 Å². The molecule has 1 atom stereocenters. The maximum absolute atomic E-state index is 10.8. The summed E-state index contributed by atoms with van der Waals surface area (Å²) in [4.78, 5) is 4.08. The zero-order chi connectivity index (χ0) is 14.4. The fourth-order valence-electron chi connectivity index (χ4n) is 2.11. The number of nitrogens with one attached hydrogen (secondary N) is 1. The summed E-state index contributed by atoms with van der Waals surface area (Å²) in [6.45, 7) is 3.21. The predicted molar refractivity (Wildman–Crippen MR) is 84.3 cm³/mol. The number of hydrogen-bond acceptors (Lipinski definition) is 3. The second-order valence-corrected chi connectivity index (χ2v) is 5.77. The SMILES string of the molecule is CCC(O)(CNCc1cccnc1)c1ccc(Br)cc1. The van der Waals surface area contributed by atoms with Gasteiger partial charge < -0.3 is 10.4 Å². The molecule has 0 radical (unpaired) electrons. The molecule has 1 aromatic heterocycles. The predicted octanol–water partition coefficient (Wildman–Crippen LogP) is 3.23. The maximum atomic E-state index is 10.8. The molecule has 0 saturated heterocycles. The number of halogens is 1. The lowest BCUT2D eigenvalue weighted by Gasteiger charge is -2.28. The number of aromatic nitrogens is 1. The zero-order valence-electron chi connectivity index (χ0n) is 11.5. The molecule has 0 saturated carbocycles. The smallest absolute Gasteiger partial charge is 0.102 e. The monoisotopic (exact) mass is 334 g/mol. The molecule has 0 aliphatic heterocycles. The molecule has 20 heavy (non-hydrogen) atoms. The summed E-state index contributed by atoms with van der Waals surface area (Å²) < 4.78 is 1.02. The number of benzene rings is 1. The van der Waals surface area contributed by atoms with Crippen molar-refractivity contribution in [2.45, 2.75) is 25.5 Å². The highest BCUT2D eigenvalue weighted by Gasteiger charge is 2.26. The van der Waals surface area contributed by atoms with Crippen molar-refractivity contribution in [2.24, 2.45) is 0 Å². The Morgan fingerprint density at radius 2 is 2.00 bits per heavy atom. The van der Waals surface area contributed by atoms with Crippen molar-refractivity contribution in [3.05, 3.63) is 64.4 Å². The van der Waals surface area contributed by atoms with Crippen LogP contribution in [0.1, 0.15) is 24.5 Å². The molecule has 0 spiro atoms. The molecule has 2 N–H and O–H groups in total. The second kappa shape index (κ2) is 6.97. The molecule has 2 rings (SSSR count). The van der Waals surface area contributed by atoms with Gasteiger partial charge in [-0.1, -0.05) is 41.1 Å². The average molecular weight is 335 g/mol. The number of rotatable bonds is 6. The van der Waals surface area contributed by atoms with E-state index in [-0.39, 0.29) is 0 Å². The summed E-state index contributed by atoms with van der Waals surface area (Å²) in [5.74, 6) is 0. The van der Waals surface area contributed by atoms with Crippen molar-refractivity contribution in [1.82, 2.24) is 10.3 Å². The van der Waals surface area contributed by atoms with Gasteiger partial charge in [0, 0.05) is 30.0 Å². The van der Waals surface area contributed by atoms with E-state index in [0.29, 0.717) is 19.5 Å². The highest BCUT2D eigenvalue weighted by atomic mass is 79.9. The van der Waals surface area contributed by atoms with Gasteiger partial charge in [0.05, 0.1) is 0 Å². The Balaban J connectivity index is 1.99. The molecule has 4 heteroatoms. The molecule has 0 aliphatic rings. The van der Waals surface area contributed by atoms with Crippen molar-refractivity contribution in [3.8, 4) is 0 Å². The molecule has 1 unspecified atom stereocenters. The molecular formula is C16H19BrN2O. The zero-order valence-corrected chi connectivity index (χ0v) is 13.1. The largest absolute Gasteiger partial charge is 0.384 e. The summed E-state index contributed by atoms with van der Waals surface area (Å²) in [5.41, 5.74) is 1.20. The van der Waals surface area contributed by atoms with Crippen LogP contribution in [0.4, 0.5) is 0 Å². The van der Waals surface area contributed by atoms with Crippen LogP contribution in [-0.4, -0.2) is 16.6 Å². The van der Waals surface area contributed by atoms with E-state index >= 15 is 0 Å². The van der Waals surface area contributed by atoms with E-state index in [4.69, 9.17) is 0 Å². The summed E-state index contributed by atoms with van der Waals surface area (Å²) in [6, 6.07) is 11.8. The lowest BCUT2D eigenvalue weighted by molar-refractivity contribution is 0.0323. The van der Waals surface area contributed by atoms with Gasteiger partial charge in [0.1, 0.15) is 5.60 Å². The van der Waals surface area contributed by atoms with Crippen molar-refractivity contribution >= 4 is 15.9 Å². The van der Waals surface area contributed by atoms with Crippen molar-refractivity contribution in [1.29, 1.82) is 0 Å². The molecule has 0 bridgehead atoms. The van der Waals surface area contributed by atoms with Gasteiger partial charge in [0.2, 0.25) is 0 Å². The Morgan fingerprint density at radius 1 is 1.25 bits per heavy atom. The van der Waals surface area contributed by atoms with E-state index in [2.05, 4.69) is 26.2 Å². The Bertz CT molecular complexity index is 530. The van der Waals surface area contributed by atoms with Crippen LogP contribution >= 0.6 is 15.9 Å². The van der Waals surface area contributed by atoms with Crippen LogP contribution in [0.25, 0.3) is 0 Å². The Hall–Kier alpha value is -1.23. The fourth-order valence-corrected chi connectivity index (χ4v) is 2.37. The van der Waals surface area contributed by atoms with Gasteiger partial charge in [-0.2, -0.15) is 0 Å². The minimum atomic E-state index is -0.844. The third-order valence-corrected chi connectivity index (χ3v) is 3.96. The molecule has 0 fully saturated rings. The van der Waals surface area contributed by atoms with Gasteiger partial charge in [-0.15, -0.1) is 0 Å². The highest BCUT2D eigenvalue weighted by molar-refractivity contribution is 9.10. The average Bonchev–Trinajstić information content (AvgIpc) is 2.49. The van der Waals surface area contributed by atoms with Crippen LogP contribution in [0.5, 0.6) is 0 Å². The first-order chi connectivity index (χ1) is 9.64. The Kier molecular flexibility index (Phi) is 5.29. The molecule has 3 nitrogen and oxygen atoms in total. The number of nitrogens with zero attached hydrogens (tertiary/aromatic N) is 1. The first-order valence-corrected chi connectivity index (χ1v) is 7.51. The van der Waals surface area contributed by atoms with E-state index < -0.39 is 5.60 Å². The van der Waals surface area contributed by atoms with Gasteiger partial charge in [-0.25, -0.2) is 0 Å². The third-order valence-electron chi connectivity index (χ3n) is 3.44. The molecule has 1 heterocycles. The minimum absolute atomic E-state index is 0.514. The van der Waals surface area contributed by atoms with Crippen LogP contribution in [0, 0.1) is 0 Å². The summed E-state index contributed by atoms with van der Waals surface area (Å²) >= 11 is 3.41. The third kappa shape index (κ3) is 3.88. The lowest BCUT2D eigenvalue weighted by atomic mass is 9.91. The number of hydrogen-bond donors (Lipinski definition) is 2.